The van der Waals surface area contributed by atoms with Crippen molar-refractivity contribution in [2.24, 2.45) is 5.92 Å². The summed E-state index contributed by atoms with van der Waals surface area (Å²) in [4.78, 5) is 33.1. The Morgan fingerprint density at radius 2 is 1.88 bits per heavy atom. The zero-order chi connectivity index (χ0) is 12.3. The first-order valence-electron chi connectivity index (χ1n) is 5.06. The second-order valence-corrected chi connectivity index (χ2v) is 3.92. The third kappa shape index (κ3) is 2.15. The lowest BCUT2D eigenvalue weighted by Gasteiger charge is -2.37. The molecule has 0 spiro atoms. The summed E-state index contributed by atoms with van der Waals surface area (Å²) in [6, 6.07) is 0. The van der Waals surface area contributed by atoms with Crippen molar-refractivity contribution >= 4 is 17.9 Å². The van der Waals surface area contributed by atoms with Crippen LogP contribution in [0.5, 0.6) is 0 Å². The largest absolute Gasteiger partial charge is 0.481 e. The third-order valence-electron chi connectivity index (χ3n) is 2.84. The van der Waals surface area contributed by atoms with Crippen molar-refractivity contribution in [2.75, 3.05) is 0 Å². The van der Waals surface area contributed by atoms with Gasteiger partial charge in [0, 0.05) is 6.92 Å². The average Bonchev–Trinajstić information content (AvgIpc) is 2.16. The van der Waals surface area contributed by atoms with Crippen molar-refractivity contribution in [1.29, 1.82) is 0 Å². The number of ether oxygens (including phenoxy) is 1. The summed E-state index contributed by atoms with van der Waals surface area (Å²) in [5.41, 5.74) is -1.89. The van der Waals surface area contributed by atoms with Gasteiger partial charge >= 0.3 is 17.9 Å². The first kappa shape index (κ1) is 12.5. The van der Waals surface area contributed by atoms with Gasteiger partial charge in [-0.15, -0.1) is 0 Å². The van der Waals surface area contributed by atoms with Gasteiger partial charge in [-0.05, 0) is 19.3 Å². The van der Waals surface area contributed by atoms with Crippen LogP contribution in [0.1, 0.15) is 32.6 Å². The van der Waals surface area contributed by atoms with Crippen LogP contribution < -0.4 is 0 Å². The zero-order valence-corrected chi connectivity index (χ0v) is 8.93. The molecule has 16 heavy (non-hydrogen) atoms. The van der Waals surface area contributed by atoms with Crippen LogP contribution >= 0.6 is 0 Å². The molecule has 0 heterocycles. The summed E-state index contributed by atoms with van der Waals surface area (Å²) in [5, 5.41) is 18.1. The third-order valence-corrected chi connectivity index (χ3v) is 2.84. The maximum atomic E-state index is 11.2. The standard InChI is InChI=1S/C10H14O6/c1-6(11)16-10(9(14)15)5-3-2-4-7(10)8(12)13/h7H,2-5H2,1H3,(H,12,13)(H,14,15). The van der Waals surface area contributed by atoms with E-state index in [1.54, 1.807) is 0 Å². The smallest absolute Gasteiger partial charge is 0.349 e. The molecular weight excluding hydrogens is 216 g/mol. The van der Waals surface area contributed by atoms with E-state index >= 15 is 0 Å². The molecule has 1 fully saturated rings. The maximum absolute atomic E-state index is 11.2. The number of hydrogen-bond donors (Lipinski definition) is 2. The van der Waals surface area contributed by atoms with Crippen molar-refractivity contribution in [1.82, 2.24) is 0 Å². The molecule has 2 unspecified atom stereocenters. The quantitative estimate of drug-likeness (QED) is 0.690. The summed E-state index contributed by atoms with van der Waals surface area (Å²) >= 11 is 0. The van der Waals surface area contributed by atoms with Crippen molar-refractivity contribution in [2.45, 2.75) is 38.2 Å². The van der Waals surface area contributed by atoms with Gasteiger partial charge in [0.25, 0.3) is 0 Å². The Balaban J connectivity index is 3.07. The van der Waals surface area contributed by atoms with Crippen LogP contribution in [0.25, 0.3) is 0 Å². The number of rotatable bonds is 3. The van der Waals surface area contributed by atoms with Gasteiger partial charge in [0.1, 0.15) is 5.92 Å². The van der Waals surface area contributed by atoms with Gasteiger partial charge in [-0.2, -0.15) is 0 Å². The summed E-state index contributed by atoms with van der Waals surface area (Å²) in [7, 11) is 0. The van der Waals surface area contributed by atoms with Crippen molar-refractivity contribution in [3.05, 3.63) is 0 Å². The molecule has 0 aromatic heterocycles. The highest BCUT2D eigenvalue weighted by molar-refractivity contribution is 5.88. The molecule has 0 aromatic rings. The van der Waals surface area contributed by atoms with E-state index in [1.807, 2.05) is 0 Å². The van der Waals surface area contributed by atoms with Crippen molar-refractivity contribution < 1.29 is 29.3 Å². The molecular formula is C10H14O6. The Kier molecular flexibility index (Phi) is 3.51. The predicted molar refractivity (Wildman–Crippen MR) is 51.7 cm³/mol. The first-order chi connectivity index (χ1) is 7.40. The highest BCUT2D eigenvalue weighted by atomic mass is 16.6. The summed E-state index contributed by atoms with van der Waals surface area (Å²) in [6.07, 6.45) is 1.45. The van der Waals surface area contributed by atoms with Gasteiger partial charge in [-0.1, -0.05) is 6.42 Å². The van der Waals surface area contributed by atoms with Crippen LogP contribution in [0.4, 0.5) is 0 Å². The normalized spacial score (nSPS) is 29.4. The fourth-order valence-electron chi connectivity index (χ4n) is 2.14. The van der Waals surface area contributed by atoms with E-state index in [4.69, 9.17) is 14.9 Å². The molecule has 0 aliphatic heterocycles. The average molecular weight is 230 g/mol. The molecule has 2 atom stereocenters. The summed E-state index contributed by atoms with van der Waals surface area (Å²) < 4.78 is 4.79. The molecule has 1 saturated carbocycles. The lowest BCUT2D eigenvalue weighted by molar-refractivity contribution is -0.194. The van der Waals surface area contributed by atoms with Gasteiger partial charge in [-0.25, -0.2) is 4.79 Å². The number of carboxylic acids is 2. The molecule has 6 heteroatoms. The molecule has 0 aromatic carbocycles. The Hall–Kier alpha value is -1.59. The topological polar surface area (TPSA) is 101 Å². The van der Waals surface area contributed by atoms with Crippen LogP contribution in [-0.2, 0) is 19.1 Å². The van der Waals surface area contributed by atoms with Gasteiger partial charge < -0.3 is 14.9 Å². The summed E-state index contributed by atoms with van der Waals surface area (Å²) in [5.74, 6) is -4.55. The molecule has 0 saturated heterocycles. The number of carbonyl (C=O) groups is 3. The molecule has 1 rings (SSSR count). The second kappa shape index (κ2) is 4.51. The second-order valence-electron chi connectivity index (χ2n) is 3.92. The Morgan fingerprint density at radius 1 is 1.25 bits per heavy atom. The number of esters is 1. The van der Waals surface area contributed by atoms with Gasteiger partial charge in [-0.3, -0.25) is 9.59 Å². The molecule has 2 N–H and O–H groups in total. The van der Waals surface area contributed by atoms with Crippen LogP contribution in [0.2, 0.25) is 0 Å². The molecule has 1 aliphatic carbocycles. The highest BCUT2D eigenvalue weighted by Gasteiger charge is 2.54. The Morgan fingerprint density at radius 3 is 2.31 bits per heavy atom. The molecule has 90 valence electrons. The van der Waals surface area contributed by atoms with Gasteiger partial charge in [0.15, 0.2) is 0 Å². The lowest BCUT2D eigenvalue weighted by atomic mass is 9.75. The molecule has 6 nitrogen and oxygen atoms in total. The number of carbonyl (C=O) groups excluding carboxylic acids is 1. The molecule has 0 amide bonds. The van der Waals surface area contributed by atoms with E-state index in [-0.39, 0.29) is 12.8 Å². The Labute approximate surface area is 92.2 Å². The number of carboxylic acid groups (broad SMARTS) is 2. The fraction of sp³-hybridized carbons (Fsp3) is 0.700. The summed E-state index contributed by atoms with van der Waals surface area (Å²) in [6.45, 7) is 1.08. The van der Waals surface area contributed by atoms with Gasteiger partial charge in [0.05, 0.1) is 0 Å². The first-order valence-corrected chi connectivity index (χ1v) is 5.06. The fourth-order valence-corrected chi connectivity index (χ4v) is 2.14. The Bertz CT molecular complexity index is 323. The minimum atomic E-state index is -1.89. The van der Waals surface area contributed by atoms with E-state index in [1.165, 1.54) is 0 Å². The van der Waals surface area contributed by atoms with Gasteiger partial charge in [0.2, 0.25) is 5.60 Å². The maximum Gasteiger partial charge on any atom is 0.349 e. The minimum absolute atomic E-state index is 0.0544. The van der Waals surface area contributed by atoms with E-state index in [2.05, 4.69) is 0 Å². The van der Waals surface area contributed by atoms with E-state index in [0.717, 1.165) is 6.92 Å². The van der Waals surface area contributed by atoms with Crippen LogP contribution in [0, 0.1) is 5.92 Å². The molecule has 1 aliphatic rings. The molecule has 0 bridgehead atoms. The van der Waals surface area contributed by atoms with Crippen LogP contribution in [0.15, 0.2) is 0 Å². The van der Waals surface area contributed by atoms with E-state index < -0.39 is 29.4 Å². The van der Waals surface area contributed by atoms with E-state index in [0.29, 0.717) is 12.8 Å². The monoisotopic (exact) mass is 230 g/mol. The van der Waals surface area contributed by atoms with Crippen LogP contribution in [-0.4, -0.2) is 33.7 Å². The number of aliphatic carboxylic acids is 2. The van der Waals surface area contributed by atoms with Crippen LogP contribution in [0.3, 0.4) is 0 Å². The van der Waals surface area contributed by atoms with Crippen molar-refractivity contribution in [3.63, 3.8) is 0 Å². The zero-order valence-electron chi connectivity index (χ0n) is 8.93. The SMILES string of the molecule is CC(=O)OC1(C(=O)O)CCCCC1C(=O)O. The molecule has 0 radical (unpaired) electrons. The lowest BCUT2D eigenvalue weighted by Crippen LogP contribution is -2.54. The predicted octanol–water partition coefficient (Wildman–Crippen LogP) is 0.648. The number of hydrogen-bond acceptors (Lipinski definition) is 4. The highest BCUT2D eigenvalue weighted by Crippen LogP contribution is 2.37. The van der Waals surface area contributed by atoms with Crippen molar-refractivity contribution in [3.8, 4) is 0 Å². The minimum Gasteiger partial charge on any atom is -0.481 e. The van der Waals surface area contributed by atoms with E-state index in [9.17, 15) is 14.4 Å².